The molecule has 0 saturated carbocycles. The number of nitrogens with zero attached hydrogens (tertiary/aromatic N) is 1. The number of rotatable bonds is 3. The van der Waals surface area contributed by atoms with Gasteiger partial charge in [-0.1, -0.05) is 6.42 Å². The highest BCUT2D eigenvalue weighted by atomic mass is 16.6. The lowest BCUT2D eigenvalue weighted by Gasteiger charge is -2.38. The van der Waals surface area contributed by atoms with Crippen LogP contribution in [0.1, 0.15) is 33.1 Å². The maximum atomic E-state index is 12.3. The summed E-state index contributed by atoms with van der Waals surface area (Å²) in [5.41, 5.74) is 0.756. The third kappa shape index (κ3) is 3.35. The Kier molecular flexibility index (Phi) is 4.52. The predicted octanol–water partition coefficient (Wildman–Crippen LogP) is 2.66. The van der Waals surface area contributed by atoms with Gasteiger partial charge in [0.2, 0.25) is 5.91 Å². The van der Waals surface area contributed by atoms with Crippen molar-refractivity contribution < 1.29 is 14.3 Å². The molecule has 0 bridgehead atoms. The molecule has 1 N–H and O–H groups in total. The molecule has 3 rings (SSSR count). The number of benzene rings is 1. The van der Waals surface area contributed by atoms with E-state index in [1.165, 1.54) is 19.3 Å². The van der Waals surface area contributed by atoms with Gasteiger partial charge in [-0.3, -0.25) is 9.69 Å². The first kappa shape index (κ1) is 15.2. The van der Waals surface area contributed by atoms with Gasteiger partial charge in [0.05, 0.1) is 6.54 Å². The first-order valence-electron chi connectivity index (χ1n) is 8.09. The molecule has 120 valence electrons. The molecule has 2 atom stereocenters. The van der Waals surface area contributed by atoms with E-state index in [-0.39, 0.29) is 5.91 Å². The van der Waals surface area contributed by atoms with Crippen LogP contribution in [0.3, 0.4) is 0 Å². The molecule has 0 aliphatic carbocycles. The molecule has 0 radical (unpaired) electrons. The zero-order valence-electron chi connectivity index (χ0n) is 13.3. The van der Waals surface area contributed by atoms with Crippen molar-refractivity contribution >= 4 is 11.6 Å². The average molecular weight is 304 g/mol. The summed E-state index contributed by atoms with van der Waals surface area (Å²) in [5.74, 6) is 1.46. The first-order chi connectivity index (χ1) is 10.6. The minimum atomic E-state index is 0.0253. The number of fused-ring (bicyclic) bond motifs is 1. The van der Waals surface area contributed by atoms with E-state index in [4.69, 9.17) is 9.47 Å². The Labute approximate surface area is 131 Å². The number of amides is 1. The van der Waals surface area contributed by atoms with Crippen molar-refractivity contribution in [1.29, 1.82) is 0 Å². The Morgan fingerprint density at radius 1 is 1.18 bits per heavy atom. The average Bonchev–Trinajstić information content (AvgIpc) is 2.51. The summed E-state index contributed by atoms with van der Waals surface area (Å²) in [5, 5.41) is 2.96. The summed E-state index contributed by atoms with van der Waals surface area (Å²) in [4.78, 5) is 14.6. The SMILES string of the molecule is CC1CCCC(C)N1CC(=O)Nc1ccc2c(c1)OCCO2. The van der Waals surface area contributed by atoms with Crippen molar-refractivity contribution in [2.24, 2.45) is 0 Å². The molecular weight excluding hydrogens is 280 g/mol. The standard InChI is InChI=1S/C17H24N2O3/c1-12-4-3-5-13(2)19(12)11-17(20)18-14-6-7-15-16(10-14)22-9-8-21-15/h6-7,10,12-13H,3-5,8-9,11H2,1-2H3,(H,18,20). The van der Waals surface area contributed by atoms with Crippen LogP contribution in [-0.2, 0) is 4.79 Å². The van der Waals surface area contributed by atoms with E-state index in [1.807, 2.05) is 18.2 Å². The van der Waals surface area contributed by atoms with Crippen molar-refractivity contribution in [2.75, 3.05) is 25.1 Å². The Morgan fingerprint density at radius 2 is 1.86 bits per heavy atom. The van der Waals surface area contributed by atoms with Crippen LogP contribution in [0.25, 0.3) is 0 Å². The molecule has 1 saturated heterocycles. The highest BCUT2D eigenvalue weighted by Gasteiger charge is 2.26. The summed E-state index contributed by atoms with van der Waals surface area (Å²) in [6, 6.07) is 6.46. The lowest BCUT2D eigenvalue weighted by atomic mass is 9.97. The van der Waals surface area contributed by atoms with Gasteiger partial charge in [0.25, 0.3) is 0 Å². The second kappa shape index (κ2) is 6.57. The monoisotopic (exact) mass is 304 g/mol. The van der Waals surface area contributed by atoms with Gasteiger partial charge in [-0.05, 0) is 38.8 Å². The van der Waals surface area contributed by atoms with Gasteiger partial charge in [0.15, 0.2) is 11.5 Å². The van der Waals surface area contributed by atoms with Crippen LogP contribution < -0.4 is 14.8 Å². The number of hydrogen-bond donors (Lipinski definition) is 1. The number of nitrogens with one attached hydrogen (secondary N) is 1. The van der Waals surface area contributed by atoms with Gasteiger partial charge in [0, 0.05) is 23.8 Å². The van der Waals surface area contributed by atoms with E-state index in [0.29, 0.717) is 37.6 Å². The number of hydrogen-bond acceptors (Lipinski definition) is 4. The third-order valence-electron chi connectivity index (χ3n) is 4.53. The van der Waals surface area contributed by atoms with Crippen LogP contribution in [0.15, 0.2) is 18.2 Å². The first-order valence-corrected chi connectivity index (χ1v) is 8.09. The van der Waals surface area contributed by atoms with Gasteiger partial charge in [-0.25, -0.2) is 0 Å². The van der Waals surface area contributed by atoms with E-state index in [9.17, 15) is 4.79 Å². The minimum Gasteiger partial charge on any atom is -0.486 e. The second-order valence-electron chi connectivity index (χ2n) is 6.21. The molecule has 2 aliphatic rings. The maximum Gasteiger partial charge on any atom is 0.238 e. The largest absolute Gasteiger partial charge is 0.486 e. The van der Waals surface area contributed by atoms with Crippen molar-refractivity contribution in [2.45, 2.75) is 45.2 Å². The molecular formula is C17H24N2O3. The number of carbonyl (C=O) groups excluding carboxylic acids is 1. The summed E-state index contributed by atoms with van der Waals surface area (Å²) < 4.78 is 11.0. The topological polar surface area (TPSA) is 50.8 Å². The van der Waals surface area contributed by atoms with Gasteiger partial charge >= 0.3 is 0 Å². The van der Waals surface area contributed by atoms with Crippen LogP contribution in [-0.4, -0.2) is 42.6 Å². The van der Waals surface area contributed by atoms with Gasteiger partial charge in [0.1, 0.15) is 13.2 Å². The Balaban J connectivity index is 1.61. The molecule has 1 aromatic carbocycles. The summed E-state index contributed by atoms with van der Waals surface area (Å²) in [6.45, 7) is 5.97. The molecule has 2 aliphatic heterocycles. The quantitative estimate of drug-likeness (QED) is 0.933. The number of likely N-dealkylation sites (tertiary alicyclic amines) is 1. The zero-order valence-corrected chi connectivity index (χ0v) is 13.3. The Bertz CT molecular complexity index is 537. The fourth-order valence-corrected chi connectivity index (χ4v) is 3.27. The van der Waals surface area contributed by atoms with E-state index >= 15 is 0 Å². The summed E-state index contributed by atoms with van der Waals surface area (Å²) in [6.07, 6.45) is 3.59. The molecule has 1 amide bonds. The van der Waals surface area contributed by atoms with Crippen LogP contribution in [0.2, 0.25) is 0 Å². The van der Waals surface area contributed by atoms with Crippen LogP contribution >= 0.6 is 0 Å². The van der Waals surface area contributed by atoms with Crippen LogP contribution in [0.4, 0.5) is 5.69 Å². The Hall–Kier alpha value is -1.75. The fraction of sp³-hybridized carbons (Fsp3) is 0.588. The normalized spacial score (nSPS) is 24.8. The molecule has 5 nitrogen and oxygen atoms in total. The predicted molar refractivity (Wildman–Crippen MR) is 85.5 cm³/mol. The van der Waals surface area contributed by atoms with E-state index in [2.05, 4.69) is 24.1 Å². The minimum absolute atomic E-state index is 0.0253. The molecule has 0 aromatic heterocycles. The zero-order chi connectivity index (χ0) is 15.5. The van der Waals surface area contributed by atoms with Crippen LogP contribution in [0, 0.1) is 0 Å². The third-order valence-corrected chi connectivity index (χ3v) is 4.53. The molecule has 5 heteroatoms. The van der Waals surface area contributed by atoms with Crippen LogP contribution in [0.5, 0.6) is 11.5 Å². The van der Waals surface area contributed by atoms with Gasteiger partial charge in [-0.2, -0.15) is 0 Å². The number of carbonyl (C=O) groups is 1. The molecule has 2 unspecified atom stereocenters. The second-order valence-corrected chi connectivity index (χ2v) is 6.21. The van der Waals surface area contributed by atoms with E-state index < -0.39 is 0 Å². The molecule has 22 heavy (non-hydrogen) atoms. The van der Waals surface area contributed by atoms with E-state index in [0.717, 1.165) is 11.4 Å². The maximum absolute atomic E-state index is 12.3. The fourth-order valence-electron chi connectivity index (χ4n) is 3.27. The van der Waals surface area contributed by atoms with Crippen molar-refractivity contribution in [3.8, 4) is 11.5 Å². The summed E-state index contributed by atoms with van der Waals surface area (Å²) in [7, 11) is 0. The molecule has 1 aromatic rings. The van der Waals surface area contributed by atoms with Crippen molar-refractivity contribution in [3.63, 3.8) is 0 Å². The molecule has 1 fully saturated rings. The molecule has 0 spiro atoms. The number of piperidine rings is 1. The van der Waals surface area contributed by atoms with Gasteiger partial charge in [-0.15, -0.1) is 0 Å². The summed E-state index contributed by atoms with van der Waals surface area (Å²) >= 11 is 0. The highest BCUT2D eigenvalue weighted by molar-refractivity contribution is 5.92. The Morgan fingerprint density at radius 3 is 2.59 bits per heavy atom. The number of anilines is 1. The highest BCUT2D eigenvalue weighted by Crippen LogP contribution is 2.32. The van der Waals surface area contributed by atoms with Crippen molar-refractivity contribution in [3.05, 3.63) is 18.2 Å². The molecule has 2 heterocycles. The number of ether oxygens (including phenoxy) is 2. The van der Waals surface area contributed by atoms with Gasteiger partial charge < -0.3 is 14.8 Å². The van der Waals surface area contributed by atoms with Crippen molar-refractivity contribution in [1.82, 2.24) is 4.90 Å². The van der Waals surface area contributed by atoms with E-state index in [1.54, 1.807) is 0 Å². The lowest BCUT2D eigenvalue weighted by molar-refractivity contribution is -0.118. The lowest BCUT2D eigenvalue weighted by Crippen LogP contribution is -2.47. The smallest absolute Gasteiger partial charge is 0.238 e.